The average molecular weight is 359 g/mol. The maximum absolute atomic E-state index is 12.4. The molecule has 2 aromatic heterocycles. The summed E-state index contributed by atoms with van der Waals surface area (Å²) in [7, 11) is 1.31. The van der Waals surface area contributed by atoms with Crippen LogP contribution in [0.4, 0.5) is 0 Å². The predicted octanol–water partition coefficient (Wildman–Crippen LogP) is 4.19. The lowest BCUT2D eigenvalue weighted by molar-refractivity contribution is 0.0600. The summed E-state index contributed by atoms with van der Waals surface area (Å²) in [5.41, 5.74) is 1.03. The van der Waals surface area contributed by atoms with E-state index in [4.69, 9.17) is 4.74 Å². The van der Waals surface area contributed by atoms with Crippen LogP contribution in [0.15, 0.2) is 41.8 Å². The fourth-order valence-corrected chi connectivity index (χ4v) is 3.76. The number of aromatic nitrogens is 1. The molecule has 0 radical (unpaired) electrons. The second kappa shape index (κ2) is 6.94. The highest BCUT2D eigenvalue weighted by molar-refractivity contribution is 7.22. The number of methoxy groups -OCH3 is 1. The van der Waals surface area contributed by atoms with E-state index in [0.29, 0.717) is 21.9 Å². The number of benzene rings is 1. The van der Waals surface area contributed by atoms with E-state index in [2.05, 4.69) is 9.72 Å². The first kappa shape index (κ1) is 16.4. The second-order valence-corrected chi connectivity index (χ2v) is 6.76. The average Bonchev–Trinajstić information content (AvgIpc) is 3.24. The molecule has 0 unspecified atom stereocenters. The van der Waals surface area contributed by atoms with Gasteiger partial charge in [0.15, 0.2) is 0 Å². The summed E-state index contributed by atoms with van der Waals surface area (Å²) >= 11 is 2.88. The Morgan fingerprint density at radius 2 is 1.83 bits per heavy atom. The Hall–Kier alpha value is -2.51. The highest BCUT2D eigenvalue weighted by Gasteiger charge is 2.19. The molecule has 0 amide bonds. The van der Waals surface area contributed by atoms with Gasteiger partial charge in [-0.05, 0) is 42.6 Å². The zero-order valence-electron chi connectivity index (χ0n) is 12.9. The van der Waals surface area contributed by atoms with Crippen molar-refractivity contribution in [1.82, 2.24) is 4.98 Å². The third-order valence-electron chi connectivity index (χ3n) is 3.20. The zero-order valence-corrected chi connectivity index (χ0v) is 14.6. The Balaban J connectivity index is 1.77. The number of thiophene rings is 1. The van der Waals surface area contributed by atoms with Crippen LogP contribution in [0, 0.1) is 6.92 Å². The third-order valence-corrected chi connectivity index (χ3v) is 5.38. The number of carbonyl (C=O) groups excluding carboxylic acids is 2. The summed E-state index contributed by atoms with van der Waals surface area (Å²) in [6.07, 6.45) is 0. The minimum absolute atomic E-state index is 0.359. The highest BCUT2D eigenvalue weighted by atomic mass is 32.1. The molecular formula is C17H13NO4S2. The molecule has 7 heteroatoms. The van der Waals surface area contributed by atoms with Crippen molar-refractivity contribution in [2.75, 3.05) is 7.11 Å². The van der Waals surface area contributed by atoms with Crippen molar-refractivity contribution < 1.29 is 19.1 Å². The molecule has 0 saturated heterocycles. The summed E-state index contributed by atoms with van der Waals surface area (Å²) in [5, 5.41) is 2.77. The second-order valence-electron chi connectivity index (χ2n) is 4.82. The Morgan fingerprint density at radius 1 is 1.08 bits per heavy atom. The standard InChI is InChI=1S/C17H13NO4S2/c1-10-14(24-15(18-10)13-4-3-9-23-13)17(20)22-12-7-5-11(6-8-12)16(19)21-2/h3-9H,1-2H3. The molecule has 1 aromatic carbocycles. The molecule has 2 heterocycles. The van der Waals surface area contributed by atoms with Crippen LogP contribution in [-0.4, -0.2) is 24.0 Å². The van der Waals surface area contributed by atoms with E-state index in [1.54, 1.807) is 42.5 Å². The van der Waals surface area contributed by atoms with Crippen molar-refractivity contribution >= 4 is 34.6 Å². The van der Waals surface area contributed by atoms with Gasteiger partial charge in [-0.2, -0.15) is 0 Å². The van der Waals surface area contributed by atoms with Crippen molar-refractivity contribution in [1.29, 1.82) is 0 Å². The number of aryl methyl sites for hydroxylation is 1. The molecule has 3 rings (SSSR count). The lowest BCUT2D eigenvalue weighted by Gasteiger charge is -2.04. The molecule has 0 spiro atoms. The van der Waals surface area contributed by atoms with Crippen LogP contribution in [0.2, 0.25) is 0 Å². The quantitative estimate of drug-likeness (QED) is 0.516. The van der Waals surface area contributed by atoms with Crippen molar-refractivity contribution in [3.63, 3.8) is 0 Å². The van der Waals surface area contributed by atoms with Crippen molar-refractivity contribution in [3.8, 4) is 15.6 Å². The summed E-state index contributed by atoms with van der Waals surface area (Å²) < 4.78 is 9.99. The molecule has 0 saturated carbocycles. The number of hydrogen-bond acceptors (Lipinski definition) is 7. The van der Waals surface area contributed by atoms with Crippen molar-refractivity contribution in [2.24, 2.45) is 0 Å². The molecule has 122 valence electrons. The number of rotatable bonds is 4. The Bertz CT molecular complexity index is 867. The van der Waals surface area contributed by atoms with Crippen LogP contribution in [0.5, 0.6) is 5.75 Å². The van der Waals surface area contributed by atoms with Crippen LogP contribution < -0.4 is 4.74 Å². The summed E-state index contributed by atoms with van der Waals surface area (Å²) in [6.45, 7) is 1.78. The van der Waals surface area contributed by atoms with Crippen molar-refractivity contribution in [3.05, 3.63) is 57.9 Å². The molecule has 0 aliphatic rings. The van der Waals surface area contributed by atoms with E-state index >= 15 is 0 Å². The first-order valence-electron chi connectivity index (χ1n) is 7.00. The van der Waals surface area contributed by atoms with Crippen LogP contribution in [0.1, 0.15) is 25.7 Å². The van der Waals surface area contributed by atoms with Gasteiger partial charge in [0.05, 0.1) is 23.2 Å². The van der Waals surface area contributed by atoms with Crippen LogP contribution in [-0.2, 0) is 4.74 Å². The first-order chi connectivity index (χ1) is 11.6. The lowest BCUT2D eigenvalue weighted by atomic mass is 10.2. The smallest absolute Gasteiger partial charge is 0.355 e. The summed E-state index contributed by atoms with van der Waals surface area (Å²) in [5.74, 6) is -0.538. The molecule has 0 atom stereocenters. The zero-order chi connectivity index (χ0) is 17.1. The van der Waals surface area contributed by atoms with Gasteiger partial charge in [-0.25, -0.2) is 14.6 Å². The minimum Gasteiger partial charge on any atom is -0.465 e. The molecule has 0 aliphatic heterocycles. The number of thiazole rings is 1. The van der Waals surface area contributed by atoms with Crippen LogP contribution in [0.3, 0.4) is 0 Å². The van der Waals surface area contributed by atoms with E-state index in [-0.39, 0.29) is 0 Å². The third kappa shape index (κ3) is 3.37. The maximum atomic E-state index is 12.4. The van der Waals surface area contributed by atoms with E-state index in [9.17, 15) is 9.59 Å². The highest BCUT2D eigenvalue weighted by Crippen LogP contribution is 2.31. The van der Waals surface area contributed by atoms with Crippen LogP contribution >= 0.6 is 22.7 Å². The Kier molecular flexibility index (Phi) is 4.73. The van der Waals surface area contributed by atoms with E-state index in [1.165, 1.54) is 18.4 Å². The fraction of sp³-hybridized carbons (Fsp3) is 0.118. The topological polar surface area (TPSA) is 65.5 Å². The van der Waals surface area contributed by atoms with Gasteiger partial charge in [-0.15, -0.1) is 22.7 Å². The number of carbonyl (C=O) groups is 2. The van der Waals surface area contributed by atoms with Gasteiger partial charge in [0.1, 0.15) is 15.6 Å². The first-order valence-corrected chi connectivity index (χ1v) is 8.70. The SMILES string of the molecule is COC(=O)c1ccc(OC(=O)c2sc(-c3cccs3)nc2C)cc1. The minimum atomic E-state index is -0.460. The predicted molar refractivity (Wildman–Crippen MR) is 92.9 cm³/mol. The number of esters is 2. The molecule has 5 nitrogen and oxygen atoms in total. The number of ether oxygens (including phenoxy) is 2. The van der Waals surface area contributed by atoms with E-state index in [0.717, 1.165) is 9.88 Å². The van der Waals surface area contributed by atoms with Gasteiger partial charge in [-0.1, -0.05) is 6.07 Å². The molecule has 24 heavy (non-hydrogen) atoms. The number of hydrogen-bond donors (Lipinski definition) is 0. The summed E-state index contributed by atoms with van der Waals surface area (Å²) in [6, 6.07) is 10.1. The van der Waals surface area contributed by atoms with Gasteiger partial charge < -0.3 is 9.47 Å². The molecule has 0 N–H and O–H groups in total. The normalized spacial score (nSPS) is 10.4. The Morgan fingerprint density at radius 3 is 2.46 bits per heavy atom. The molecule has 3 aromatic rings. The van der Waals surface area contributed by atoms with E-state index in [1.807, 2.05) is 17.5 Å². The molecule has 0 bridgehead atoms. The van der Waals surface area contributed by atoms with Crippen LogP contribution in [0.25, 0.3) is 9.88 Å². The largest absolute Gasteiger partial charge is 0.465 e. The lowest BCUT2D eigenvalue weighted by Crippen LogP contribution is -2.08. The van der Waals surface area contributed by atoms with Gasteiger partial charge >= 0.3 is 11.9 Å². The molecule has 0 fully saturated rings. The van der Waals surface area contributed by atoms with E-state index < -0.39 is 11.9 Å². The van der Waals surface area contributed by atoms with Gasteiger partial charge in [0.2, 0.25) is 0 Å². The number of nitrogens with zero attached hydrogens (tertiary/aromatic N) is 1. The fourth-order valence-electron chi connectivity index (χ4n) is 2.02. The van der Waals surface area contributed by atoms with Gasteiger partial charge in [-0.3, -0.25) is 0 Å². The monoisotopic (exact) mass is 359 g/mol. The molecular weight excluding hydrogens is 346 g/mol. The van der Waals surface area contributed by atoms with Gasteiger partial charge in [0, 0.05) is 0 Å². The van der Waals surface area contributed by atoms with Gasteiger partial charge in [0.25, 0.3) is 0 Å². The molecule has 0 aliphatic carbocycles. The van der Waals surface area contributed by atoms with Crippen molar-refractivity contribution in [2.45, 2.75) is 6.92 Å². The Labute approximate surface area is 146 Å². The summed E-state index contributed by atoms with van der Waals surface area (Å²) in [4.78, 5) is 29.7. The maximum Gasteiger partial charge on any atom is 0.355 e.